The van der Waals surface area contributed by atoms with Crippen LogP contribution in [0.1, 0.15) is 52.4 Å². The lowest BCUT2D eigenvalue weighted by molar-refractivity contribution is -0.130. The SMILES string of the molecule is CC(C)(CN)C(=O)NCC1(O)CCCCCC1. The Hall–Kier alpha value is -0.610. The summed E-state index contributed by atoms with van der Waals surface area (Å²) in [6.07, 6.45) is 6.04. The average Bonchev–Trinajstić information content (AvgIpc) is 2.51. The van der Waals surface area contributed by atoms with Crippen LogP contribution in [-0.4, -0.2) is 29.7 Å². The van der Waals surface area contributed by atoms with Crippen molar-refractivity contribution < 1.29 is 9.90 Å². The first-order valence-corrected chi connectivity index (χ1v) is 6.60. The normalized spacial score (nSPS) is 20.7. The first-order chi connectivity index (χ1) is 7.90. The van der Waals surface area contributed by atoms with Crippen LogP contribution in [0.2, 0.25) is 0 Å². The summed E-state index contributed by atoms with van der Waals surface area (Å²) in [5.74, 6) is -0.0716. The third kappa shape index (κ3) is 4.28. The van der Waals surface area contributed by atoms with Crippen LogP contribution in [0.4, 0.5) is 0 Å². The molecule has 1 aliphatic carbocycles. The Morgan fingerprint density at radius 3 is 2.29 bits per heavy atom. The van der Waals surface area contributed by atoms with Gasteiger partial charge in [-0.2, -0.15) is 0 Å². The Morgan fingerprint density at radius 1 is 1.29 bits per heavy atom. The van der Waals surface area contributed by atoms with Crippen molar-refractivity contribution in [3.8, 4) is 0 Å². The highest BCUT2D eigenvalue weighted by molar-refractivity contribution is 5.82. The van der Waals surface area contributed by atoms with Crippen molar-refractivity contribution >= 4 is 5.91 Å². The van der Waals surface area contributed by atoms with Crippen molar-refractivity contribution in [1.29, 1.82) is 0 Å². The Balaban J connectivity index is 2.46. The zero-order valence-corrected chi connectivity index (χ0v) is 11.1. The lowest BCUT2D eigenvalue weighted by atomic mass is 9.90. The summed E-state index contributed by atoms with van der Waals surface area (Å²) in [5, 5.41) is 13.2. The molecule has 1 amide bonds. The molecule has 0 atom stereocenters. The molecule has 1 fully saturated rings. The van der Waals surface area contributed by atoms with Gasteiger partial charge in [0.2, 0.25) is 5.91 Å². The van der Waals surface area contributed by atoms with E-state index in [9.17, 15) is 9.90 Å². The van der Waals surface area contributed by atoms with Crippen LogP contribution in [0.25, 0.3) is 0 Å². The summed E-state index contributed by atoms with van der Waals surface area (Å²) in [4.78, 5) is 11.9. The van der Waals surface area contributed by atoms with Crippen LogP contribution in [0, 0.1) is 5.41 Å². The molecular formula is C13H26N2O2. The molecular weight excluding hydrogens is 216 g/mol. The van der Waals surface area contributed by atoms with Gasteiger partial charge in [0.05, 0.1) is 11.0 Å². The minimum absolute atomic E-state index is 0.0716. The fourth-order valence-electron chi connectivity index (χ4n) is 2.14. The van der Waals surface area contributed by atoms with E-state index >= 15 is 0 Å². The van der Waals surface area contributed by atoms with Gasteiger partial charge in [-0.1, -0.05) is 25.7 Å². The predicted octanol–water partition coefficient (Wildman–Crippen LogP) is 1.17. The van der Waals surface area contributed by atoms with E-state index in [2.05, 4.69) is 5.32 Å². The molecule has 1 saturated carbocycles. The largest absolute Gasteiger partial charge is 0.388 e. The maximum absolute atomic E-state index is 11.9. The lowest BCUT2D eigenvalue weighted by Crippen LogP contribution is -2.48. The Morgan fingerprint density at radius 2 is 1.82 bits per heavy atom. The molecule has 0 unspecified atom stereocenters. The highest BCUT2D eigenvalue weighted by Crippen LogP contribution is 2.26. The van der Waals surface area contributed by atoms with Gasteiger partial charge in [-0.15, -0.1) is 0 Å². The monoisotopic (exact) mass is 242 g/mol. The minimum Gasteiger partial charge on any atom is -0.388 e. The molecule has 0 heterocycles. The second-order valence-electron chi connectivity index (χ2n) is 5.91. The highest BCUT2D eigenvalue weighted by Gasteiger charge is 2.31. The Kier molecular flexibility index (Phi) is 4.95. The molecule has 0 radical (unpaired) electrons. The van der Waals surface area contributed by atoms with Crippen LogP contribution in [0.15, 0.2) is 0 Å². The number of carbonyl (C=O) groups is 1. The van der Waals surface area contributed by atoms with E-state index in [4.69, 9.17) is 5.73 Å². The van der Waals surface area contributed by atoms with E-state index in [1.165, 1.54) is 12.8 Å². The van der Waals surface area contributed by atoms with Crippen molar-refractivity contribution in [2.75, 3.05) is 13.1 Å². The van der Waals surface area contributed by atoms with Crippen LogP contribution >= 0.6 is 0 Å². The number of amides is 1. The van der Waals surface area contributed by atoms with Crippen LogP contribution in [0.5, 0.6) is 0 Å². The molecule has 4 nitrogen and oxygen atoms in total. The molecule has 0 aliphatic heterocycles. The quantitative estimate of drug-likeness (QED) is 0.648. The molecule has 1 aliphatic rings. The van der Waals surface area contributed by atoms with Crippen molar-refractivity contribution in [3.05, 3.63) is 0 Å². The van der Waals surface area contributed by atoms with E-state index < -0.39 is 11.0 Å². The van der Waals surface area contributed by atoms with Crippen molar-refractivity contribution in [2.24, 2.45) is 11.1 Å². The topological polar surface area (TPSA) is 75.4 Å². The Labute approximate surface area is 104 Å². The summed E-state index contributed by atoms with van der Waals surface area (Å²) in [6.45, 7) is 4.31. The molecule has 100 valence electrons. The maximum atomic E-state index is 11.9. The zero-order valence-electron chi connectivity index (χ0n) is 11.1. The number of carbonyl (C=O) groups excluding carboxylic acids is 1. The number of hydrogen-bond donors (Lipinski definition) is 3. The van der Waals surface area contributed by atoms with Gasteiger partial charge in [0, 0.05) is 13.1 Å². The second kappa shape index (κ2) is 5.83. The van der Waals surface area contributed by atoms with Crippen LogP contribution < -0.4 is 11.1 Å². The van der Waals surface area contributed by atoms with E-state index in [-0.39, 0.29) is 5.91 Å². The highest BCUT2D eigenvalue weighted by atomic mass is 16.3. The number of nitrogens with two attached hydrogens (primary N) is 1. The van der Waals surface area contributed by atoms with Crippen molar-refractivity contribution in [3.63, 3.8) is 0 Å². The summed E-state index contributed by atoms with van der Waals surface area (Å²) in [5.41, 5.74) is 4.28. The molecule has 17 heavy (non-hydrogen) atoms. The molecule has 0 aromatic rings. The van der Waals surface area contributed by atoms with E-state index in [0.29, 0.717) is 13.1 Å². The van der Waals surface area contributed by atoms with E-state index in [1.54, 1.807) is 0 Å². The van der Waals surface area contributed by atoms with Gasteiger partial charge < -0.3 is 16.2 Å². The maximum Gasteiger partial charge on any atom is 0.227 e. The number of hydrogen-bond acceptors (Lipinski definition) is 3. The third-order valence-corrected chi connectivity index (χ3v) is 3.74. The van der Waals surface area contributed by atoms with E-state index in [0.717, 1.165) is 25.7 Å². The molecule has 0 saturated heterocycles. The molecule has 1 rings (SSSR count). The Bertz CT molecular complexity index is 256. The minimum atomic E-state index is -0.711. The molecule has 0 aromatic carbocycles. The van der Waals surface area contributed by atoms with Crippen LogP contribution in [0.3, 0.4) is 0 Å². The first kappa shape index (κ1) is 14.5. The van der Waals surface area contributed by atoms with Gasteiger partial charge >= 0.3 is 0 Å². The first-order valence-electron chi connectivity index (χ1n) is 6.60. The number of nitrogens with one attached hydrogen (secondary N) is 1. The van der Waals surface area contributed by atoms with Crippen molar-refractivity contribution in [2.45, 2.75) is 58.0 Å². The fourth-order valence-corrected chi connectivity index (χ4v) is 2.14. The van der Waals surface area contributed by atoms with Gasteiger partial charge in [-0.25, -0.2) is 0 Å². The van der Waals surface area contributed by atoms with Gasteiger partial charge in [-0.05, 0) is 26.7 Å². The van der Waals surface area contributed by atoms with E-state index in [1.807, 2.05) is 13.8 Å². The molecule has 4 heteroatoms. The number of rotatable bonds is 4. The summed E-state index contributed by atoms with van der Waals surface area (Å²) in [6, 6.07) is 0. The smallest absolute Gasteiger partial charge is 0.227 e. The predicted molar refractivity (Wildman–Crippen MR) is 68.5 cm³/mol. The van der Waals surface area contributed by atoms with Crippen LogP contribution in [-0.2, 0) is 4.79 Å². The fraction of sp³-hybridized carbons (Fsp3) is 0.923. The summed E-state index contributed by atoms with van der Waals surface area (Å²) >= 11 is 0. The molecule has 0 bridgehead atoms. The zero-order chi connectivity index (χ0) is 12.9. The van der Waals surface area contributed by atoms with Gasteiger partial charge in [0.15, 0.2) is 0 Å². The third-order valence-electron chi connectivity index (χ3n) is 3.74. The van der Waals surface area contributed by atoms with Crippen molar-refractivity contribution in [1.82, 2.24) is 5.32 Å². The molecule has 4 N–H and O–H groups in total. The number of aliphatic hydroxyl groups is 1. The lowest BCUT2D eigenvalue weighted by Gasteiger charge is -2.29. The van der Waals surface area contributed by atoms with Gasteiger partial charge in [0.1, 0.15) is 0 Å². The molecule has 0 aromatic heterocycles. The second-order valence-corrected chi connectivity index (χ2v) is 5.91. The molecule has 0 spiro atoms. The van der Waals surface area contributed by atoms with Gasteiger partial charge in [-0.3, -0.25) is 4.79 Å². The standard InChI is InChI=1S/C13H26N2O2/c1-12(2,9-14)11(16)15-10-13(17)7-5-3-4-6-8-13/h17H,3-10,14H2,1-2H3,(H,15,16). The van der Waals surface area contributed by atoms with Gasteiger partial charge in [0.25, 0.3) is 0 Å². The summed E-state index contributed by atoms with van der Waals surface area (Å²) in [7, 11) is 0. The summed E-state index contributed by atoms with van der Waals surface area (Å²) < 4.78 is 0. The average molecular weight is 242 g/mol.